The Balaban J connectivity index is 2.60. The van der Waals surface area contributed by atoms with Gasteiger partial charge in [-0.05, 0) is 27.8 Å². The lowest BCUT2D eigenvalue weighted by molar-refractivity contribution is -0.156. The van der Waals surface area contributed by atoms with Crippen molar-refractivity contribution in [3.63, 3.8) is 0 Å². The van der Waals surface area contributed by atoms with Gasteiger partial charge in [-0.3, -0.25) is 4.79 Å². The average Bonchev–Trinajstić information content (AvgIpc) is 2.19. The third-order valence-corrected chi connectivity index (χ3v) is 2.89. The normalized spacial score (nSPS) is 27.2. The van der Waals surface area contributed by atoms with Gasteiger partial charge in [0, 0.05) is 18.5 Å². The molecule has 1 rings (SSSR count). The van der Waals surface area contributed by atoms with E-state index in [0.717, 1.165) is 18.7 Å². The highest BCUT2D eigenvalue weighted by Gasteiger charge is 2.38. The van der Waals surface area contributed by atoms with E-state index in [4.69, 9.17) is 4.74 Å². The quantitative estimate of drug-likeness (QED) is 0.533. The second-order valence-electron chi connectivity index (χ2n) is 6.10. The van der Waals surface area contributed by atoms with E-state index in [0.29, 0.717) is 6.42 Å². The third kappa shape index (κ3) is 3.34. The van der Waals surface area contributed by atoms with Gasteiger partial charge in [-0.2, -0.15) is 0 Å². The highest BCUT2D eigenvalue weighted by atomic mass is 16.6. The average molecular weight is 225 g/mol. The molecule has 0 aliphatic carbocycles. The van der Waals surface area contributed by atoms with Gasteiger partial charge in [0.25, 0.3) is 0 Å². The Labute approximate surface area is 98.5 Å². The molecule has 1 heterocycles. The van der Waals surface area contributed by atoms with Crippen LogP contribution in [0.3, 0.4) is 0 Å². The molecule has 0 saturated carbocycles. The van der Waals surface area contributed by atoms with Crippen molar-refractivity contribution >= 4 is 5.97 Å². The summed E-state index contributed by atoms with van der Waals surface area (Å²) in [6.07, 6.45) is 0.424. The molecule has 1 saturated heterocycles. The van der Waals surface area contributed by atoms with Gasteiger partial charge < -0.3 is 9.64 Å². The predicted molar refractivity (Wildman–Crippen MR) is 65.2 cm³/mol. The number of carbonyl (C=O) groups excluding carboxylic acids is 1. The van der Waals surface area contributed by atoms with Gasteiger partial charge >= 0.3 is 5.97 Å². The Bertz CT molecular complexity index is 304. The van der Waals surface area contributed by atoms with Crippen LogP contribution in [0.25, 0.3) is 0 Å². The molecule has 1 aliphatic rings. The molecule has 16 heavy (non-hydrogen) atoms. The highest BCUT2D eigenvalue weighted by Crippen LogP contribution is 2.37. The molecule has 1 atom stereocenters. The van der Waals surface area contributed by atoms with Gasteiger partial charge in [0.05, 0.1) is 6.42 Å². The summed E-state index contributed by atoms with van der Waals surface area (Å²) in [4.78, 5) is 14.0. The van der Waals surface area contributed by atoms with Crippen molar-refractivity contribution in [1.29, 1.82) is 0 Å². The van der Waals surface area contributed by atoms with E-state index in [1.54, 1.807) is 0 Å². The van der Waals surface area contributed by atoms with E-state index in [-0.39, 0.29) is 11.4 Å². The summed E-state index contributed by atoms with van der Waals surface area (Å²) in [7, 11) is 2.05. The molecule has 0 bridgehead atoms. The lowest BCUT2D eigenvalue weighted by Gasteiger charge is -2.27. The molecule has 0 unspecified atom stereocenters. The van der Waals surface area contributed by atoms with Crippen LogP contribution < -0.4 is 0 Å². The van der Waals surface area contributed by atoms with Crippen LogP contribution in [0.15, 0.2) is 12.2 Å². The fourth-order valence-corrected chi connectivity index (χ4v) is 2.16. The second-order valence-corrected chi connectivity index (χ2v) is 6.10. The van der Waals surface area contributed by atoms with Gasteiger partial charge in [0.2, 0.25) is 0 Å². The molecule has 0 radical (unpaired) electrons. The Morgan fingerprint density at radius 1 is 1.56 bits per heavy atom. The van der Waals surface area contributed by atoms with Crippen molar-refractivity contribution in [2.45, 2.75) is 39.7 Å². The Kier molecular flexibility index (Phi) is 3.48. The number of hydrogen-bond donors (Lipinski definition) is 0. The van der Waals surface area contributed by atoms with Gasteiger partial charge in [-0.15, -0.1) is 0 Å². The highest BCUT2D eigenvalue weighted by molar-refractivity contribution is 5.71. The first-order chi connectivity index (χ1) is 7.12. The first kappa shape index (κ1) is 13.2. The van der Waals surface area contributed by atoms with E-state index < -0.39 is 5.60 Å². The van der Waals surface area contributed by atoms with Crippen LogP contribution >= 0.6 is 0 Å². The number of hydrogen-bond acceptors (Lipinski definition) is 3. The van der Waals surface area contributed by atoms with Crippen LogP contribution in [-0.2, 0) is 9.53 Å². The van der Waals surface area contributed by atoms with Crippen molar-refractivity contribution in [1.82, 2.24) is 4.90 Å². The predicted octanol–water partition coefficient (Wildman–Crippen LogP) is 2.23. The standard InChI is InChI=1S/C13H23NO2/c1-10-8-14(6)9-13(10,5)7-11(15)16-12(2,3)4/h1,7-9H2,2-6H3/t13-/m0/s1. The summed E-state index contributed by atoms with van der Waals surface area (Å²) in [5.74, 6) is -0.133. The van der Waals surface area contributed by atoms with E-state index in [2.05, 4.69) is 18.4 Å². The monoisotopic (exact) mass is 225 g/mol. The van der Waals surface area contributed by atoms with E-state index in [1.165, 1.54) is 0 Å². The number of rotatable bonds is 2. The molecule has 0 aromatic carbocycles. The maximum absolute atomic E-state index is 11.8. The Morgan fingerprint density at radius 2 is 2.12 bits per heavy atom. The molecule has 0 aromatic rings. The topological polar surface area (TPSA) is 29.5 Å². The summed E-state index contributed by atoms with van der Waals surface area (Å²) in [5, 5.41) is 0. The smallest absolute Gasteiger partial charge is 0.307 e. The number of esters is 1. The van der Waals surface area contributed by atoms with Crippen LogP contribution in [0, 0.1) is 5.41 Å². The minimum Gasteiger partial charge on any atom is -0.460 e. The summed E-state index contributed by atoms with van der Waals surface area (Å²) < 4.78 is 5.35. The van der Waals surface area contributed by atoms with Crippen LogP contribution in [0.5, 0.6) is 0 Å². The Hall–Kier alpha value is -0.830. The molecule has 92 valence electrons. The zero-order valence-corrected chi connectivity index (χ0v) is 11.1. The van der Waals surface area contributed by atoms with E-state index in [1.807, 2.05) is 27.8 Å². The third-order valence-electron chi connectivity index (χ3n) is 2.89. The molecule has 3 heteroatoms. The SMILES string of the molecule is C=C1CN(C)C[C@]1(C)CC(=O)OC(C)(C)C. The zero-order chi connectivity index (χ0) is 12.6. The Morgan fingerprint density at radius 3 is 2.50 bits per heavy atom. The molecule has 0 spiro atoms. The minimum atomic E-state index is -0.403. The molecule has 3 nitrogen and oxygen atoms in total. The molecule has 1 aliphatic heterocycles. The fraction of sp³-hybridized carbons (Fsp3) is 0.769. The van der Waals surface area contributed by atoms with Crippen molar-refractivity contribution < 1.29 is 9.53 Å². The van der Waals surface area contributed by atoms with Gasteiger partial charge in [-0.1, -0.05) is 19.1 Å². The van der Waals surface area contributed by atoms with Gasteiger partial charge in [-0.25, -0.2) is 0 Å². The summed E-state index contributed by atoms with van der Waals surface area (Å²) in [6, 6.07) is 0. The molecule has 0 N–H and O–H groups in total. The lowest BCUT2D eigenvalue weighted by atomic mass is 9.82. The summed E-state index contributed by atoms with van der Waals surface area (Å²) in [6.45, 7) is 13.6. The van der Waals surface area contributed by atoms with E-state index in [9.17, 15) is 4.79 Å². The van der Waals surface area contributed by atoms with Crippen molar-refractivity contribution in [2.24, 2.45) is 5.41 Å². The molecular formula is C13H23NO2. The molecular weight excluding hydrogens is 202 g/mol. The zero-order valence-electron chi connectivity index (χ0n) is 11.1. The number of carbonyl (C=O) groups is 1. The number of ether oxygens (including phenoxy) is 1. The van der Waals surface area contributed by atoms with Gasteiger partial charge in [0.15, 0.2) is 0 Å². The van der Waals surface area contributed by atoms with Crippen molar-refractivity contribution in [2.75, 3.05) is 20.1 Å². The summed E-state index contributed by atoms with van der Waals surface area (Å²) >= 11 is 0. The van der Waals surface area contributed by atoms with E-state index >= 15 is 0 Å². The van der Waals surface area contributed by atoms with Crippen LogP contribution in [0.4, 0.5) is 0 Å². The maximum Gasteiger partial charge on any atom is 0.307 e. The maximum atomic E-state index is 11.8. The number of likely N-dealkylation sites (N-methyl/N-ethyl adjacent to an activating group) is 1. The van der Waals surface area contributed by atoms with Crippen LogP contribution in [0.2, 0.25) is 0 Å². The van der Waals surface area contributed by atoms with Crippen molar-refractivity contribution in [3.05, 3.63) is 12.2 Å². The van der Waals surface area contributed by atoms with Crippen LogP contribution in [-0.4, -0.2) is 36.6 Å². The summed E-state index contributed by atoms with van der Waals surface area (Å²) in [5.41, 5.74) is 0.594. The minimum absolute atomic E-state index is 0.128. The molecule has 0 amide bonds. The number of nitrogens with zero attached hydrogens (tertiary/aromatic N) is 1. The van der Waals surface area contributed by atoms with Gasteiger partial charge in [0.1, 0.15) is 5.60 Å². The fourth-order valence-electron chi connectivity index (χ4n) is 2.16. The number of likely N-dealkylation sites (tertiary alicyclic amines) is 1. The first-order valence-electron chi connectivity index (χ1n) is 5.71. The lowest BCUT2D eigenvalue weighted by Crippen LogP contribution is -2.30. The largest absolute Gasteiger partial charge is 0.460 e. The molecule has 0 aromatic heterocycles. The molecule has 1 fully saturated rings. The van der Waals surface area contributed by atoms with Crippen LogP contribution in [0.1, 0.15) is 34.1 Å². The first-order valence-corrected chi connectivity index (χ1v) is 5.71. The second kappa shape index (κ2) is 4.21. The van der Waals surface area contributed by atoms with Crippen molar-refractivity contribution in [3.8, 4) is 0 Å².